The predicted molar refractivity (Wildman–Crippen MR) is 81.3 cm³/mol. The molecule has 2 saturated carbocycles. The summed E-state index contributed by atoms with van der Waals surface area (Å²) in [5, 5.41) is 3.60. The van der Waals surface area contributed by atoms with Gasteiger partial charge in [-0.25, -0.2) is 0 Å². The molecule has 2 aliphatic rings. The summed E-state index contributed by atoms with van der Waals surface area (Å²) in [6.07, 6.45) is 6.98. The molecular weight excluding hydrogens is 234 g/mol. The molecule has 0 saturated heterocycles. The minimum Gasteiger partial charge on any atom is -0.376 e. The minimum absolute atomic E-state index is 0.409. The van der Waals surface area contributed by atoms with Gasteiger partial charge in [0.2, 0.25) is 0 Å². The van der Waals surface area contributed by atoms with Crippen LogP contribution in [0.2, 0.25) is 0 Å². The molecule has 0 aliphatic heterocycles. The first-order valence-corrected chi connectivity index (χ1v) is 8.30. The Hall–Kier alpha value is -0.0800. The van der Waals surface area contributed by atoms with Gasteiger partial charge in [0.25, 0.3) is 0 Å². The zero-order valence-electron chi connectivity index (χ0n) is 13.6. The number of ether oxygens (including phenoxy) is 1. The van der Waals surface area contributed by atoms with E-state index >= 15 is 0 Å². The highest BCUT2D eigenvalue weighted by molar-refractivity contribution is 5.11. The first kappa shape index (κ1) is 15.3. The molecule has 0 aromatic heterocycles. The molecular formula is C17H33NO. The van der Waals surface area contributed by atoms with Gasteiger partial charge < -0.3 is 10.1 Å². The lowest BCUT2D eigenvalue weighted by atomic mass is 9.70. The van der Waals surface area contributed by atoms with Gasteiger partial charge in [-0.3, -0.25) is 0 Å². The van der Waals surface area contributed by atoms with Crippen LogP contribution in [0.15, 0.2) is 0 Å². The molecule has 0 radical (unpaired) electrons. The maximum atomic E-state index is 6.25. The summed E-state index contributed by atoms with van der Waals surface area (Å²) in [7, 11) is 0. The number of hydrogen-bond donors (Lipinski definition) is 1. The van der Waals surface area contributed by atoms with Crippen molar-refractivity contribution in [3.63, 3.8) is 0 Å². The van der Waals surface area contributed by atoms with Crippen molar-refractivity contribution in [1.82, 2.24) is 5.32 Å². The lowest BCUT2D eigenvalue weighted by Crippen LogP contribution is -2.39. The Labute approximate surface area is 119 Å². The summed E-state index contributed by atoms with van der Waals surface area (Å²) in [4.78, 5) is 0. The smallest absolute Gasteiger partial charge is 0.0637 e. The SMILES string of the molecule is CCC(CC)NCCOC1CC2CCC1(C)C2(C)C. The van der Waals surface area contributed by atoms with Crippen molar-refractivity contribution in [2.24, 2.45) is 16.7 Å². The van der Waals surface area contributed by atoms with Gasteiger partial charge in [-0.1, -0.05) is 34.6 Å². The van der Waals surface area contributed by atoms with Gasteiger partial charge in [-0.05, 0) is 48.9 Å². The van der Waals surface area contributed by atoms with Crippen molar-refractivity contribution in [2.75, 3.05) is 13.2 Å². The second-order valence-corrected chi connectivity index (χ2v) is 7.44. The molecule has 0 aromatic rings. The number of fused-ring (bicyclic) bond motifs is 2. The van der Waals surface area contributed by atoms with Crippen molar-refractivity contribution in [2.45, 2.75) is 78.9 Å². The van der Waals surface area contributed by atoms with Crippen LogP contribution in [0.25, 0.3) is 0 Å². The number of rotatable bonds is 7. The Balaban J connectivity index is 1.76. The fourth-order valence-corrected chi connectivity index (χ4v) is 4.42. The van der Waals surface area contributed by atoms with Crippen LogP contribution < -0.4 is 5.32 Å². The van der Waals surface area contributed by atoms with E-state index in [-0.39, 0.29) is 0 Å². The summed E-state index contributed by atoms with van der Waals surface area (Å²) in [5.41, 5.74) is 0.882. The molecule has 0 aromatic carbocycles. The quantitative estimate of drug-likeness (QED) is 0.704. The average Bonchev–Trinajstić information content (AvgIpc) is 2.72. The summed E-state index contributed by atoms with van der Waals surface area (Å²) in [5.74, 6) is 0.884. The zero-order chi connectivity index (χ0) is 14.1. The normalized spacial score (nSPS) is 36.3. The van der Waals surface area contributed by atoms with Crippen LogP contribution in [-0.2, 0) is 4.74 Å². The van der Waals surface area contributed by atoms with Crippen LogP contribution in [0.4, 0.5) is 0 Å². The third-order valence-electron chi connectivity index (χ3n) is 6.55. The van der Waals surface area contributed by atoms with E-state index in [1.54, 1.807) is 0 Å². The van der Waals surface area contributed by atoms with E-state index in [1.165, 1.54) is 32.1 Å². The van der Waals surface area contributed by atoms with E-state index in [0.717, 1.165) is 19.1 Å². The second-order valence-electron chi connectivity index (χ2n) is 7.44. The molecule has 2 aliphatic carbocycles. The Morgan fingerprint density at radius 2 is 1.89 bits per heavy atom. The molecule has 19 heavy (non-hydrogen) atoms. The first-order valence-electron chi connectivity index (χ1n) is 8.30. The lowest BCUT2D eigenvalue weighted by molar-refractivity contribution is -0.0454. The van der Waals surface area contributed by atoms with Crippen molar-refractivity contribution >= 4 is 0 Å². The summed E-state index contributed by atoms with van der Waals surface area (Å²) in [6.45, 7) is 13.7. The number of hydrogen-bond acceptors (Lipinski definition) is 2. The Bertz CT molecular complexity index is 298. The Kier molecular flexibility index (Phi) is 4.62. The molecule has 2 fully saturated rings. The number of nitrogens with one attached hydrogen (secondary N) is 1. The van der Waals surface area contributed by atoms with Crippen LogP contribution in [-0.4, -0.2) is 25.3 Å². The fourth-order valence-electron chi connectivity index (χ4n) is 4.42. The van der Waals surface area contributed by atoms with Gasteiger partial charge in [0.15, 0.2) is 0 Å². The van der Waals surface area contributed by atoms with Gasteiger partial charge in [-0.2, -0.15) is 0 Å². The molecule has 0 spiro atoms. The maximum Gasteiger partial charge on any atom is 0.0637 e. The highest BCUT2D eigenvalue weighted by Gasteiger charge is 2.61. The van der Waals surface area contributed by atoms with E-state index in [9.17, 15) is 0 Å². The van der Waals surface area contributed by atoms with Crippen LogP contribution in [0.3, 0.4) is 0 Å². The van der Waals surface area contributed by atoms with Gasteiger partial charge in [0.05, 0.1) is 12.7 Å². The Morgan fingerprint density at radius 1 is 1.21 bits per heavy atom. The first-order chi connectivity index (χ1) is 8.95. The summed E-state index contributed by atoms with van der Waals surface area (Å²) in [6, 6.07) is 0.663. The fraction of sp³-hybridized carbons (Fsp3) is 1.00. The van der Waals surface area contributed by atoms with E-state index in [4.69, 9.17) is 4.74 Å². The Morgan fingerprint density at radius 3 is 2.37 bits per heavy atom. The highest BCUT2D eigenvalue weighted by Crippen LogP contribution is 2.66. The van der Waals surface area contributed by atoms with Crippen molar-refractivity contribution < 1.29 is 4.74 Å². The largest absolute Gasteiger partial charge is 0.376 e. The average molecular weight is 267 g/mol. The van der Waals surface area contributed by atoms with E-state index < -0.39 is 0 Å². The lowest BCUT2D eigenvalue weighted by Gasteiger charge is -2.39. The monoisotopic (exact) mass is 267 g/mol. The topological polar surface area (TPSA) is 21.3 Å². The van der Waals surface area contributed by atoms with Crippen LogP contribution in [0, 0.1) is 16.7 Å². The minimum atomic E-state index is 0.409. The van der Waals surface area contributed by atoms with Crippen molar-refractivity contribution in [3.8, 4) is 0 Å². The molecule has 0 heterocycles. The molecule has 2 bridgehead atoms. The highest BCUT2D eigenvalue weighted by atomic mass is 16.5. The van der Waals surface area contributed by atoms with Gasteiger partial charge in [0.1, 0.15) is 0 Å². The van der Waals surface area contributed by atoms with Crippen LogP contribution in [0.1, 0.15) is 66.7 Å². The second kappa shape index (κ2) is 5.73. The molecule has 3 unspecified atom stereocenters. The zero-order valence-corrected chi connectivity index (χ0v) is 13.6. The predicted octanol–water partition coefficient (Wildman–Crippen LogP) is 4.00. The third kappa shape index (κ3) is 2.58. The van der Waals surface area contributed by atoms with Crippen molar-refractivity contribution in [3.05, 3.63) is 0 Å². The summed E-state index contributed by atoms with van der Waals surface area (Å²) >= 11 is 0. The molecule has 1 N–H and O–H groups in total. The maximum absolute atomic E-state index is 6.25. The molecule has 2 rings (SSSR count). The van der Waals surface area contributed by atoms with Gasteiger partial charge in [-0.15, -0.1) is 0 Å². The van der Waals surface area contributed by atoms with Gasteiger partial charge in [0, 0.05) is 12.6 Å². The molecule has 2 nitrogen and oxygen atoms in total. The van der Waals surface area contributed by atoms with Crippen molar-refractivity contribution in [1.29, 1.82) is 0 Å². The molecule has 0 amide bonds. The molecule has 2 heteroatoms. The standard InChI is InChI=1S/C17H33NO/c1-6-14(7-2)18-10-11-19-15-12-13-8-9-17(15,5)16(13,3)4/h13-15,18H,6-12H2,1-5H3. The molecule has 3 atom stereocenters. The van der Waals surface area contributed by atoms with Crippen LogP contribution >= 0.6 is 0 Å². The molecule has 112 valence electrons. The van der Waals surface area contributed by atoms with E-state index in [0.29, 0.717) is 23.0 Å². The van der Waals surface area contributed by atoms with Crippen LogP contribution in [0.5, 0.6) is 0 Å². The van der Waals surface area contributed by atoms with E-state index in [2.05, 4.69) is 39.9 Å². The van der Waals surface area contributed by atoms with E-state index in [1.807, 2.05) is 0 Å². The van der Waals surface area contributed by atoms with Gasteiger partial charge >= 0.3 is 0 Å². The summed E-state index contributed by atoms with van der Waals surface area (Å²) < 4.78 is 6.25. The third-order valence-corrected chi connectivity index (χ3v) is 6.55.